The molecule has 0 aliphatic heterocycles. The zero-order valence-corrected chi connectivity index (χ0v) is 16.7. The molecule has 0 amide bonds. The molecule has 0 saturated heterocycles. The van der Waals surface area contributed by atoms with E-state index in [4.69, 9.17) is 4.74 Å². The van der Waals surface area contributed by atoms with Gasteiger partial charge in [-0.25, -0.2) is 0 Å². The third kappa shape index (κ3) is 5.62. The average molecular weight is 351 g/mol. The van der Waals surface area contributed by atoms with E-state index in [-0.39, 0.29) is 0 Å². The summed E-state index contributed by atoms with van der Waals surface area (Å²) in [4.78, 5) is 0. The van der Waals surface area contributed by atoms with Crippen molar-refractivity contribution >= 4 is 0 Å². The summed E-state index contributed by atoms with van der Waals surface area (Å²) in [5.74, 6) is 2.66. The van der Waals surface area contributed by atoms with Gasteiger partial charge in [0.1, 0.15) is 5.75 Å². The van der Waals surface area contributed by atoms with Crippen LogP contribution in [0, 0.1) is 25.7 Å². The molecule has 0 N–H and O–H groups in total. The maximum atomic E-state index is 6.30. The van der Waals surface area contributed by atoms with E-state index in [9.17, 15) is 0 Å². The highest BCUT2D eigenvalue weighted by Gasteiger charge is 2.27. The molecular weight excluding hydrogens is 316 g/mol. The Morgan fingerprint density at radius 2 is 1.81 bits per heavy atom. The fourth-order valence-corrected chi connectivity index (χ4v) is 4.30. The summed E-state index contributed by atoms with van der Waals surface area (Å²) in [6.45, 7) is 6.74. The zero-order valence-electron chi connectivity index (χ0n) is 16.7. The van der Waals surface area contributed by atoms with Gasteiger partial charge in [-0.15, -0.1) is 0 Å². The van der Waals surface area contributed by atoms with Crippen LogP contribution in [-0.4, -0.2) is 6.10 Å². The first kappa shape index (κ1) is 19.0. The maximum absolute atomic E-state index is 6.30. The van der Waals surface area contributed by atoms with Gasteiger partial charge in [-0.1, -0.05) is 55.3 Å². The first-order valence-corrected chi connectivity index (χ1v) is 10.4. The Kier molecular flexibility index (Phi) is 6.77. The lowest BCUT2D eigenvalue weighted by Gasteiger charge is -2.33. The number of rotatable bonds is 7. The molecule has 3 atom stereocenters. The van der Waals surface area contributed by atoms with Crippen molar-refractivity contribution in [3.8, 4) is 5.75 Å². The minimum absolute atomic E-state index is 0.398. The van der Waals surface area contributed by atoms with Crippen LogP contribution in [0.15, 0.2) is 48.5 Å². The normalized spacial score (nSPS) is 21.3. The molecule has 0 spiro atoms. The van der Waals surface area contributed by atoms with Crippen molar-refractivity contribution < 1.29 is 4.74 Å². The molecule has 2 aromatic carbocycles. The van der Waals surface area contributed by atoms with Gasteiger partial charge >= 0.3 is 0 Å². The summed E-state index contributed by atoms with van der Waals surface area (Å²) >= 11 is 0. The molecular formula is C25H34O. The number of hydrogen-bond acceptors (Lipinski definition) is 1. The van der Waals surface area contributed by atoms with Crippen LogP contribution >= 0.6 is 0 Å². The van der Waals surface area contributed by atoms with Gasteiger partial charge in [0.15, 0.2) is 0 Å². The monoisotopic (exact) mass is 350 g/mol. The van der Waals surface area contributed by atoms with Crippen LogP contribution in [0.5, 0.6) is 5.75 Å². The highest BCUT2D eigenvalue weighted by atomic mass is 16.5. The van der Waals surface area contributed by atoms with Gasteiger partial charge in [0.2, 0.25) is 0 Å². The van der Waals surface area contributed by atoms with E-state index in [1.807, 2.05) is 0 Å². The zero-order chi connectivity index (χ0) is 18.4. The first-order valence-electron chi connectivity index (χ1n) is 10.4. The van der Waals surface area contributed by atoms with Crippen LogP contribution < -0.4 is 4.74 Å². The van der Waals surface area contributed by atoms with Crippen molar-refractivity contribution in [1.82, 2.24) is 0 Å². The first-order chi connectivity index (χ1) is 12.6. The van der Waals surface area contributed by atoms with Gasteiger partial charge in [0.25, 0.3) is 0 Å². The SMILES string of the molecule is Cc1ccc(CCCC(C)C2CCCC(Oc3cccc(C)c3)C2)cc1. The van der Waals surface area contributed by atoms with Crippen molar-refractivity contribution in [3.63, 3.8) is 0 Å². The molecule has 26 heavy (non-hydrogen) atoms. The summed E-state index contributed by atoms with van der Waals surface area (Å²) < 4.78 is 6.30. The Bertz CT molecular complexity index is 673. The van der Waals surface area contributed by atoms with Crippen LogP contribution in [0.25, 0.3) is 0 Å². The van der Waals surface area contributed by atoms with Crippen molar-refractivity contribution in [2.75, 3.05) is 0 Å². The molecule has 3 rings (SSSR count). The molecule has 1 nitrogen and oxygen atoms in total. The molecule has 1 aliphatic carbocycles. The predicted octanol–water partition coefficient (Wildman–Crippen LogP) is 6.90. The molecule has 1 aliphatic rings. The molecule has 0 heterocycles. The Morgan fingerprint density at radius 3 is 2.58 bits per heavy atom. The lowest BCUT2D eigenvalue weighted by molar-refractivity contribution is 0.0996. The molecule has 1 fully saturated rings. The molecule has 0 bridgehead atoms. The minimum Gasteiger partial charge on any atom is -0.490 e. The summed E-state index contributed by atoms with van der Waals surface area (Å²) in [5, 5.41) is 0. The van der Waals surface area contributed by atoms with E-state index in [0.29, 0.717) is 6.10 Å². The van der Waals surface area contributed by atoms with E-state index < -0.39 is 0 Å². The van der Waals surface area contributed by atoms with Gasteiger partial charge in [-0.3, -0.25) is 0 Å². The van der Waals surface area contributed by atoms with Crippen LogP contribution in [-0.2, 0) is 6.42 Å². The topological polar surface area (TPSA) is 9.23 Å². The fraction of sp³-hybridized carbons (Fsp3) is 0.520. The van der Waals surface area contributed by atoms with Crippen molar-refractivity contribution in [2.24, 2.45) is 11.8 Å². The molecule has 2 aromatic rings. The second kappa shape index (κ2) is 9.26. The Hall–Kier alpha value is -1.76. The fourth-order valence-electron chi connectivity index (χ4n) is 4.30. The highest BCUT2D eigenvalue weighted by molar-refractivity contribution is 5.27. The predicted molar refractivity (Wildman–Crippen MR) is 111 cm³/mol. The van der Waals surface area contributed by atoms with Gasteiger partial charge < -0.3 is 4.74 Å². The maximum Gasteiger partial charge on any atom is 0.119 e. The van der Waals surface area contributed by atoms with E-state index in [2.05, 4.69) is 69.3 Å². The van der Waals surface area contributed by atoms with E-state index in [1.54, 1.807) is 0 Å². The highest BCUT2D eigenvalue weighted by Crippen LogP contribution is 2.34. The number of aryl methyl sites for hydroxylation is 3. The average Bonchev–Trinajstić information content (AvgIpc) is 2.63. The van der Waals surface area contributed by atoms with Gasteiger partial charge in [-0.2, -0.15) is 0 Å². The molecule has 0 radical (unpaired) electrons. The van der Waals surface area contributed by atoms with Crippen LogP contribution in [0.3, 0.4) is 0 Å². The summed E-state index contributed by atoms with van der Waals surface area (Å²) in [5.41, 5.74) is 4.11. The third-order valence-corrected chi connectivity index (χ3v) is 6.01. The van der Waals surface area contributed by atoms with E-state index in [1.165, 1.54) is 61.6 Å². The van der Waals surface area contributed by atoms with Crippen molar-refractivity contribution in [2.45, 2.75) is 71.8 Å². The van der Waals surface area contributed by atoms with Crippen LogP contribution in [0.2, 0.25) is 0 Å². The van der Waals surface area contributed by atoms with Crippen LogP contribution in [0.4, 0.5) is 0 Å². The standard InChI is InChI=1S/C25H34O/c1-19-13-15-22(16-14-19)9-5-8-21(3)23-10-6-12-25(18-23)26-24-11-4-7-20(2)17-24/h4,7,11,13-17,21,23,25H,5-6,8-10,12,18H2,1-3H3. The van der Waals surface area contributed by atoms with Gasteiger partial charge in [0.05, 0.1) is 6.10 Å². The smallest absolute Gasteiger partial charge is 0.119 e. The molecule has 1 saturated carbocycles. The van der Waals surface area contributed by atoms with E-state index >= 15 is 0 Å². The second-order valence-corrected chi connectivity index (χ2v) is 8.34. The molecule has 0 aromatic heterocycles. The lowest BCUT2D eigenvalue weighted by Crippen LogP contribution is -2.28. The second-order valence-electron chi connectivity index (χ2n) is 8.34. The summed E-state index contributed by atoms with van der Waals surface area (Å²) in [7, 11) is 0. The molecule has 1 heteroatoms. The Balaban J connectivity index is 1.45. The van der Waals surface area contributed by atoms with E-state index in [0.717, 1.165) is 17.6 Å². The Morgan fingerprint density at radius 1 is 1.00 bits per heavy atom. The number of benzene rings is 2. The lowest BCUT2D eigenvalue weighted by atomic mass is 9.77. The van der Waals surface area contributed by atoms with Crippen molar-refractivity contribution in [3.05, 3.63) is 65.2 Å². The third-order valence-electron chi connectivity index (χ3n) is 6.01. The minimum atomic E-state index is 0.398. The quantitative estimate of drug-likeness (QED) is 0.527. The van der Waals surface area contributed by atoms with Gasteiger partial charge in [-0.05, 0) is 87.5 Å². The van der Waals surface area contributed by atoms with Gasteiger partial charge in [0, 0.05) is 0 Å². The molecule has 3 unspecified atom stereocenters. The summed E-state index contributed by atoms with van der Waals surface area (Å²) in [6, 6.07) is 17.5. The van der Waals surface area contributed by atoms with Crippen LogP contribution in [0.1, 0.15) is 62.1 Å². The Labute approximate surface area is 159 Å². The molecule has 140 valence electrons. The summed E-state index contributed by atoms with van der Waals surface area (Å²) in [6.07, 6.45) is 9.35. The van der Waals surface area contributed by atoms with Crippen molar-refractivity contribution in [1.29, 1.82) is 0 Å². The number of ether oxygens (including phenoxy) is 1. The largest absolute Gasteiger partial charge is 0.490 e. The number of hydrogen-bond donors (Lipinski definition) is 0.